The lowest BCUT2D eigenvalue weighted by Gasteiger charge is -2.17. The number of aromatic nitrogens is 4. The number of nitrogens with zero attached hydrogens (tertiary/aromatic N) is 5. The van der Waals surface area contributed by atoms with Gasteiger partial charge in [-0.1, -0.05) is 0 Å². The van der Waals surface area contributed by atoms with Gasteiger partial charge in [-0.15, -0.1) is 11.3 Å². The average molecular weight is 354 g/mol. The Morgan fingerprint density at radius 3 is 2.76 bits per heavy atom. The summed E-state index contributed by atoms with van der Waals surface area (Å²) in [5, 5.41) is 9.45. The van der Waals surface area contributed by atoms with E-state index in [9.17, 15) is 4.79 Å². The van der Waals surface area contributed by atoms with Crippen LogP contribution in [0.3, 0.4) is 0 Å². The fourth-order valence-corrected chi connectivity index (χ4v) is 3.62. The summed E-state index contributed by atoms with van der Waals surface area (Å²) >= 11 is 1.42. The average Bonchev–Trinajstić information content (AvgIpc) is 3.36. The molecule has 1 amide bonds. The number of hydrogen-bond donors (Lipinski definition) is 1. The topological polar surface area (TPSA) is 75.9 Å². The third kappa shape index (κ3) is 3.39. The number of anilines is 2. The molecule has 4 heterocycles. The molecule has 0 aliphatic carbocycles. The first-order chi connectivity index (χ1) is 12.2. The molecule has 128 valence electrons. The van der Waals surface area contributed by atoms with E-state index in [0.29, 0.717) is 11.5 Å². The Labute approximate surface area is 149 Å². The molecule has 1 fully saturated rings. The first-order valence-corrected chi connectivity index (χ1v) is 9.04. The minimum absolute atomic E-state index is 0.257. The molecule has 1 N–H and O–H groups in total. The third-order valence-electron chi connectivity index (χ3n) is 4.15. The van der Waals surface area contributed by atoms with Gasteiger partial charge in [0.15, 0.2) is 0 Å². The van der Waals surface area contributed by atoms with E-state index in [1.54, 1.807) is 16.3 Å². The van der Waals surface area contributed by atoms with Crippen molar-refractivity contribution >= 4 is 28.7 Å². The van der Waals surface area contributed by atoms with Crippen LogP contribution >= 0.6 is 11.3 Å². The standard InChI is InChI=1S/C17H18N6OS/c1-22-10-12(8-19-22)17-20-14(11-25-17)16(24)21-15-5-4-13(9-18-15)23-6-2-3-7-23/h4-5,8-11H,2-3,6-7H2,1H3,(H,18,21,24). The molecule has 1 saturated heterocycles. The highest BCUT2D eigenvalue weighted by atomic mass is 32.1. The number of pyridine rings is 1. The number of aryl methyl sites for hydroxylation is 1. The number of carbonyl (C=O) groups excluding carboxylic acids is 1. The Hall–Kier alpha value is -2.74. The fourth-order valence-electron chi connectivity index (χ4n) is 2.85. The number of amides is 1. The highest BCUT2D eigenvalue weighted by Crippen LogP contribution is 2.24. The minimum Gasteiger partial charge on any atom is -0.370 e. The summed E-state index contributed by atoms with van der Waals surface area (Å²) in [5.74, 6) is 0.275. The maximum atomic E-state index is 12.4. The van der Waals surface area contributed by atoms with Crippen molar-refractivity contribution in [2.45, 2.75) is 12.8 Å². The molecule has 0 spiro atoms. The van der Waals surface area contributed by atoms with Crippen molar-refractivity contribution in [1.82, 2.24) is 19.7 Å². The van der Waals surface area contributed by atoms with Gasteiger partial charge in [0, 0.05) is 37.3 Å². The zero-order chi connectivity index (χ0) is 17.2. The molecule has 1 aliphatic rings. The van der Waals surface area contributed by atoms with Crippen LogP contribution < -0.4 is 10.2 Å². The first kappa shape index (κ1) is 15.8. The van der Waals surface area contributed by atoms with Gasteiger partial charge in [0.25, 0.3) is 5.91 Å². The Bertz CT molecular complexity index is 879. The zero-order valence-electron chi connectivity index (χ0n) is 13.8. The molecule has 0 bridgehead atoms. The number of thiazole rings is 1. The van der Waals surface area contributed by atoms with Gasteiger partial charge in [-0.25, -0.2) is 9.97 Å². The summed E-state index contributed by atoms with van der Waals surface area (Å²) in [7, 11) is 1.85. The molecule has 0 atom stereocenters. The van der Waals surface area contributed by atoms with Gasteiger partial charge in [-0.3, -0.25) is 9.48 Å². The third-order valence-corrected chi connectivity index (χ3v) is 5.04. The van der Waals surface area contributed by atoms with Crippen LogP contribution in [0.1, 0.15) is 23.3 Å². The molecular weight excluding hydrogens is 336 g/mol. The Morgan fingerprint density at radius 1 is 1.24 bits per heavy atom. The lowest BCUT2D eigenvalue weighted by atomic mass is 10.3. The van der Waals surface area contributed by atoms with Crippen molar-refractivity contribution in [1.29, 1.82) is 0 Å². The van der Waals surface area contributed by atoms with Crippen molar-refractivity contribution in [2.75, 3.05) is 23.3 Å². The monoisotopic (exact) mass is 354 g/mol. The van der Waals surface area contributed by atoms with Crippen LogP contribution in [-0.4, -0.2) is 38.7 Å². The molecule has 4 rings (SSSR count). The summed E-state index contributed by atoms with van der Waals surface area (Å²) < 4.78 is 1.71. The summed E-state index contributed by atoms with van der Waals surface area (Å²) in [6, 6.07) is 3.83. The lowest BCUT2D eigenvalue weighted by Crippen LogP contribution is -2.18. The number of rotatable bonds is 4. The Kier molecular flexibility index (Phi) is 4.19. The summed E-state index contributed by atoms with van der Waals surface area (Å²) in [6.45, 7) is 2.15. The molecule has 3 aromatic heterocycles. The zero-order valence-corrected chi connectivity index (χ0v) is 14.7. The van der Waals surface area contributed by atoms with Crippen LogP contribution in [0.15, 0.2) is 36.1 Å². The van der Waals surface area contributed by atoms with E-state index in [0.717, 1.165) is 29.3 Å². The highest BCUT2D eigenvalue weighted by molar-refractivity contribution is 7.13. The molecule has 8 heteroatoms. The van der Waals surface area contributed by atoms with Crippen molar-refractivity contribution in [3.63, 3.8) is 0 Å². The van der Waals surface area contributed by atoms with E-state index in [1.807, 2.05) is 31.6 Å². The van der Waals surface area contributed by atoms with E-state index in [-0.39, 0.29) is 5.91 Å². The van der Waals surface area contributed by atoms with Gasteiger partial charge in [0.2, 0.25) is 0 Å². The molecule has 25 heavy (non-hydrogen) atoms. The molecule has 0 unspecified atom stereocenters. The van der Waals surface area contributed by atoms with Crippen molar-refractivity contribution in [3.05, 3.63) is 41.8 Å². The SMILES string of the molecule is Cn1cc(-c2nc(C(=O)Nc3ccc(N4CCCC4)cn3)cs2)cn1. The number of carbonyl (C=O) groups is 1. The molecular formula is C17H18N6OS. The number of hydrogen-bond acceptors (Lipinski definition) is 6. The maximum absolute atomic E-state index is 12.4. The van der Waals surface area contributed by atoms with E-state index in [1.165, 1.54) is 24.2 Å². The van der Waals surface area contributed by atoms with Gasteiger partial charge < -0.3 is 10.2 Å². The van der Waals surface area contributed by atoms with E-state index < -0.39 is 0 Å². The van der Waals surface area contributed by atoms with Crippen LogP contribution in [0.25, 0.3) is 10.6 Å². The molecule has 0 radical (unpaired) electrons. The molecule has 0 aromatic carbocycles. The summed E-state index contributed by atoms with van der Waals surface area (Å²) in [6.07, 6.45) is 7.87. The summed E-state index contributed by atoms with van der Waals surface area (Å²) in [4.78, 5) is 23.4. The molecule has 0 saturated carbocycles. The van der Waals surface area contributed by atoms with Crippen LogP contribution in [0, 0.1) is 0 Å². The Morgan fingerprint density at radius 2 is 2.08 bits per heavy atom. The predicted octanol–water partition coefficient (Wildman–Crippen LogP) is 2.79. The largest absolute Gasteiger partial charge is 0.370 e. The maximum Gasteiger partial charge on any atom is 0.276 e. The van der Waals surface area contributed by atoms with E-state index >= 15 is 0 Å². The second-order valence-electron chi connectivity index (χ2n) is 5.99. The van der Waals surface area contributed by atoms with Crippen molar-refractivity contribution < 1.29 is 4.79 Å². The molecule has 7 nitrogen and oxygen atoms in total. The smallest absolute Gasteiger partial charge is 0.276 e. The van der Waals surface area contributed by atoms with Crippen LogP contribution in [0.2, 0.25) is 0 Å². The quantitative estimate of drug-likeness (QED) is 0.780. The minimum atomic E-state index is -0.257. The lowest BCUT2D eigenvalue weighted by molar-refractivity contribution is 0.102. The van der Waals surface area contributed by atoms with Crippen molar-refractivity contribution in [3.8, 4) is 10.6 Å². The van der Waals surface area contributed by atoms with Gasteiger partial charge in [-0.05, 0) is 25.0 Å². The fraction of sp³-hybridized carbons (Fsp3) is 0.294. The van der Waals surface area contributed by atoms with Gasteiger partial charge in [0.05, 0.1) is 18.1 Å². The predicted molar refractivity (Wildman–Crippen MR) is 98.0 cm³/mol. The molecule has 3 aromatic rings. The first-order valence-electron chi connectivity index (χ1n) is 8.16. The van der Waals surface area contributed by atoms with E-state index in [2.05, 4.69) is 25.3 Å². The second-order valence-corrected chi connectivity index (χ2v) is 6.85. The van der Waals surface area contributed by atoms with E-state index in [4.69, 9.17) is 0 Å². The van der Waals surface area contributed by atoms with Gasteiger partial charge in [0.1, 0.15) is 16.5 Å². The normalized spacial score (nSPS) is 14.0. The number of nitrogens with one attached hydrogen (secondary N) is 1. The second kappa shape index (κ2) is 6.64. The van der Waals surface area contributed by atoms with Crippen LogP contribution in [0.4, 0.5) is 11.5 Å². The van der Waals surface area contributed by atoms with Crippen LogP contribution in [-0.2, 0) is 7.05 Å². The van der Waals surface area contributed by atoms with Crippen LogP contribution in [0.5, 0.6) is 0 Å². The summed E-state index contributed by atoms with van der Waals surface area (Å²) in [5.41, 5.74) is 2.39. The van der Waals surface area contributed by atoms with Gasteiger partial charge in [-0.2, -0.15) is 5.10 Å². The van der Waals surface area contributed by atoms with Crippen molar-refractivity contribution in [2.24, 2.45) is 7.05 Å². The molecule has 1 aliphatic heterocycles. The Balaban J connectivity index is 1.44. The highest BCUT2D eigenvalue weighted by Gasteiger charge is 2.15. The van der Waals surface area contributed by atoms with Gasteiger partial charge >= 0.3 is 0 Å².